The second-order valence-corrected chi connectivity index (χ2v) is 6.72. The molecule has 100 valence electrons. The van der Waals surface area contributed by atoms with Gasteiger partial charge in [-0.05, 0) is 30.2 Å². The monoisotopic (exact) mass is 278 g/mol. The summed E-state index contributed by atoms with van der Waals surface area (Å²) in [5.41, 5.74) is 2.27. The van der Waals surface area contributed by atoms with Crippen LogP contribution in [0.5, 0.6) is 0 Å². The second kappa shape index (κ2) is 5.53. The molecule has 2 rings (SSSR count). The third kappa shape index (κ3) is 4.17. The minimum Gasteiger partial charge on any atom is -0.228 e. The number of halogens is 1. The molecule has 0 bridgehead atoms. The zero-order valence-electron chi connectivity index (χ0n) is 10.6. The van der Waals surface area contributed by atoms with E-state index < -0.39 is 15.7 Å². The number of hydrogen-bond donors (Lipinski definition) is 0. The highest BCUT2D eigenvalue weighted by Gasteiger charge is 2.13. The van der Waals surface area contributed by atoms with E-state index >= 15 is 0 Å². The molecule has 0 aromatic heterocycles. The fourth-order valence-electron chi connectivity index (χ4n) is 1.99. The topological polar surface area (TPSA) is 34.1 Å². The lowest BCUT2D eigenvalue weighted by Crippen LogP contribution is -2.08. The van der Waals surface area contributed by atoms with E-state index in [9.17, 15) is 12.8 Å². The molecule has 0 aliphatic carbocycles. The quantitative estimate of drug-likeness (QED) is 0.860. The molecule has 0 fully saturated rings. The normalized spacial score (nSPS) is 11.5. The first kappa shape index (κ1) is 13.7. The molecule has 0 amide bonds. The molecular weight excluding hydrogens is 263 g/mol. The van der Waals surface area contributed by atoms with Crippen LogP contribution in [0.1, 0.15) is 16.7 Å². The summed E-state index contributed by atoms with van der Waals surface area (Å²) in [6.45, 7) is 1.92. The third-order valence-electron chi connectivity index (χ3n) is 2.74. The van der Waals surface area contributed by atoms with Crippen molar-refractivity contribution >= 4 is 9.84 Å². The molecule has 0 unspecified atom stereocenters. The summed E-state index contributed by atoms with van der Waals surface area (Å²) >= 11 is 0. The molecule has 0 aliphatic heterocycles. The van der Waals surface area contributed by atoms with Gasteiger partial charge in [-0.3, -0.25) is 0 Å². The SMILES string of the molecule is Cc1cccc(CS(=O)(=O)Cc2cccc(F)c2)c1. The van der Waals surface area contributed by atoms with Crippen LogP contribution in [-0.2, 0) is 21.3 Å². The number of benzene rings is 2. The predicted octanol–water partition coefficient (Wildman–Crippen LogP) is 3.25. The van der Waals surface area contributed by atoms with Crippen LogP contribution in [0.25, 0.3) is 0 Å². The fourth-order valence-corrected chi connectivity index (χ4v) is 3.46. The molecule has 19 heavy (non-hydrogen) atoms. The van der Waals surface area contributed by atoms with Crippen LogP contribution in [0.2, 0.25) is 0 Å². The molecular formula is C15H15FO2S. The molecule has 0 N–H and O–H groups in total. The molecule has 0 aliphatic rings. The highest BCUT2D eigenvalue weighted by Crippen LogP contribution is 2.14. The van der Waals surface area contributed by atoms with Crippen LogP contribution in [0, 0.1) is 12.7 Å². The van der Waals surface area contributed by atoms with Gasteiger partial charge in [-0.1, -0.05) is 42.0 Å². The maximum Gasteiger partial charge on any atom is 0.158 e. The van der Waals surface area contributed by atoms with Crippen molar-refractivity contribution in [2.24, 2.45) is 0 Å². The van der Waals surface area contributed by atoms with E-state index in [4.69, 9.17) is 0 Å². The Morgan fingerprint density at radius 3 is 2.11 bits per heavy atom. The van der Waals surface area contributed by atoms with Crippen molar-refractivity contribution in [3.05, 3.63) is 71.0 Å². The Morgan fingerprint density at radius 2 is 1.53 bits per heavy atom. The molecule has 0 saturated heterocycles. The highest BCUT2D eigenvalue weighted by atomic mass is 32.2. The van der Waals surface area contributed by atoms with Gasteiger partial charge in [0.05, 0.1) is 11.5 Å². The van der Waals surface area contributed by atoms with Crippen LogP contribution in [0.3, 0.4) is 0 Å². The zero-order chi connectivity index (χ0) is 13.9. The van der Waals surface area contributed by atoms with Crippen molar-refractivity contribution in [1.29, 1.82) is 0 Å². The zero-order valence-corrected chi connectivity index (χ0v) is 11.5. The van der Waals surface area contributed by atoms with Crippen LogP contribution in [-0.4, -0.2) is 8.42 Å². The first-order chi connectivity index (χ1) is 8.94. The van der Waals surface area contributed by atoms with Crippen molar-refractivity contribution in [1.82, 2.24) is 0 Å². The summed E-state index contributed by atoms with van der Waals surface area (Å²) in [4.78, 5) is 0. The standard InChI is InChI=1S/C15H15FO2S/c1-12-4-2-5-13(8-12)10-19(17,18)11-14-6-3-7-15(16)9-14/h2-9H,10-11H2,1H3. The summed E-state index contributed by atoms with van der Waals surface area (Å²) in [6, 6.07) is 13.1. The molecule has 0 saturated carbocycles. The Hall–Kier alpha value is -1.68. The van der Waals surface area contributed by atoms with Crippen molar-refractivity contribution in [3.63, 3.8) is 0 Å². The van der Waals surface area contributed by atoms with Gasteiger partial charge in [-0.25, -0.2) is 12.8 Å². The summed E-state index contributed by atoms with van der Waals surface area (Å²) in [5.74, 6) is -0.576. The summed E-state index contributed by atoms with van der Waals surface area (Å²) in [6.07, 6.45) is 0. The van der Waals surface area contributed by atoms with Gasteiger partial charge in [0.25, 0.3) is 0 Å². The van der Waals surface area contributed by atoms with Gasteiger partial charge in [-0.2, -0.15) is 0 Å². The van der Waals surface area contributed by atoms with Crippen molar-refractivity contribution in [3.8, 4) is 0 Å². The molecule has 2 aromatic carbocycles. The van der Waals surface area contributed by atoms with Gasteiger partial charge in [0.1, 0.15) is 5.82 Å². The summed E-state index contributed by atoms with van der Waals surface area (Å²) in [5, 5.41) is 0. The number of aryl methyl sites for hydroxylation is 1. The molecule has 0 atom stereocenters. The first-order valence-corrected chi connectivity index (χ1v) is 7.77. The van der Waals surface area contributed by atoms with E-state index in [-0.39, 0.29) is 11.5 Å². The average molecular weight is 278 g/mol. The van der Waals surface area contributed by atoms with Gasteiger partial charge < -0.3 is 0 Å². The molecule has 4 heteroatoms. The molecule has 0 heterocycles. The Kier molecular flexibility index (Phi) is 4.00. The van der Waals surface area contributed by atoms with Crippen molar-refractivity contribution in [2.75, 3.05) is 0 Å². The predicted molar refractivity (Wildman–Crippen MR) is 73.9 cm³/mol. The van der Waals surface area contributed by atoms with Crippen LogP contribution in [0.15, 0.2) is 48.5 Å². The fraction of sp³-hybridized carbons (Fsp3) is 0.200. The van der Waals surface area contributed by atoms with Gasteiger partial charge >= 0.3 is 0 Å². The lowest BCUT2D eigenvalue weighted by molar-refractivity contribution is 0.594. The number of rotatable bonds is 4. The largest absolute Gasteiger partial charge is 0.228 e. The average Bonchev–Trinajstić information content (AvgIpc) is 2.27. The van der Waals surface area contributed by atoms with E-state index in [0.717, 1.165) is 11.1 Å². The van der Waals surface area contributed by atoms with E-state index in [1.54, 1.807) is 12.1 Å². The van der Waals surface area contributed by atoms with E-state index in [1.807, 2.05) is 25.1 Å². The van der Waals surface area contributed by atoms with E-state index in [1.165, 1.54) is 18.2 Å². The van der Waals surface area contributed by atoms with Gasteiger partial charge in [0, 0.05) is 0 Å². The minimum atomic E-state index is -3.29. The Bertz CT molecular complexity index is 625. The lowest BCUT2D eigenvalue weighted by atomic mass is 10.2. The van der Waals surface area contributed by atoms with Gasteiger partial charge in [-0.15, -0.1) is 0 Å². The second-order valence-electron chi connectivity index (χ2n) is 4.65. The Balaban J connectivity index is 2.15. The van der Waals surface area contributed by atoms with Crippen LogP contribution >= 0.6 is 0 Å². The molecule has 2 nitrogen and oxygen atoms in total. The molecule has 0 radical (unpaired) electrons. The third-order valence-corrected chi connectivity index (χ3v) is 4.29. The minimum absolute atomic E-state index is 0.0226. The molecule has 2 aromatic rings. The Morgan fingerprint density at radius 1 is 0.947 bits per heavy atom. The van der Waals surface area contributed by atoms with E-state index in [2.05, 4.69) is 0 Å². The molecule has 0 spiro atoms. The Labute approximate surface area is 112 Å². The van der Waals surface area contributed by atoms with E-state index in [0.29, 0.717) is 5.56 Å². The number of hydrogen-bond acceptors (Lipinski definition) is 2. The van der Waals surface area contributed by atoms with Crippen molar-refractivity contribution in [2.45, 2.75) is 18.4 Å². The summed E-state index contributed by atoms with van der Waals surface area (Å²) in [7, 11) is -3.29. The van der Waals surface area contributed by atoms with Gasteiger partial charge in [0.15, 0.2) is 9.84 Å². The highest BCUT2D eigenvalue weighted by molar-refractivity contribution is 7.89. The smallest absolute Gasteiger partial charge is 0.158 e. The van der Waals surface area contributed by atoms with Crippen LogP contribution in [0.4, 0.5) is 4.39 Å². The van der Waals surface area contributed by atoms with Crippen LogP contribution < -0.4 is 0 Å². The van der Waals surface area contributed by atoms with Gasteiger partial charge in [0.2, 0.25) is 0 Å². The first-order valence-electron chi connectivity index (χ1n) is 5.95. The maximum absolute atomic E-state index is 13.0. The van der Waals surface area contributed by atoms with Crippen molar-refractivity contribution < 1.29 is 12.8 Å². The number of sulfone groups is 1. The lowest BCUT2D eigenvalue weighted by Gasteiger charge is -2.06. The maximum atomic E-state index is 13.0. The summed E-state index contributed by atoms with van der Waals surface area (Å²) < 4.78 is 37.2.